The van der Waals surface area contributed by atoms with Crippen LogP contribution in [0.1, 0.15) is 11.5 Å². The molecule has 0 unspecified atom stereocenters. The second-order valence-corrected chi connectivity index (χ2v) is 5.02. The van der Waals surface area contributed by atoms with Crippen molar-refractivity contribution in [3.63, 3.8) is 0 Å². The third-order valence-corrected chi connectivity index (χ3v) is 3.49. The molecule has 1 aliphatic rings. The molecular weight excluding hydrogens is 278 g/mol. The fourth-order valence-corrected chi connectivity index (χ4v) is 2.28. The molecule has 0 saturated carbocycles. The Morgan fingerprint density at radius 3 is 2.47 bits per heavy atom. The number of benzene rings is 1. The highest BCUT2D eigenvalue weighted by atomic mass is 79.9. The predicted octanol–water partition coefficient (Wildman–Crippen LogP) is 2.84. The molecule has 1 aromatic heterocycles. The van der Waals surface area contributed by atoms with Crippen molar-refractivity contribution < 1.29 is 0 Å². The molecule has 0 atom stereocenters. The summed E-state index contributed by atoms with van der Waals surface area (Å²) in [7, 11) is 0. The van der Waals surface area contributed by atoms with E-state index in [9.17, 15) is 0 Å². The predicted molar refractivity (Wildman–Crippen MR) is 71.1 cm³/mol. The van der Waals surface area contributed by atoms with Gasteiger partial charge in [-0.25, -0.2) is 9.97 Å². The number of hydrogen-bond donors (Lipinski definition) is 0. The maximum absolute atomic E-state index is 4.34. The normalized spacial score (nSPS) is 15.7. The molecular formula is C13H12BrN3. The van der Waals surface area contributed by atoms with E-state index in [2.05, 4.69) is 61.1 Å². The summed E-state index contributed by atoms with van der Waals surface area (Å²) in [6.45, 7) is 2.06. The first-order valence-corrected chi connectivity index (χ1v) is 6.39. The van der Waals surface area contributed by atoms with E-state index in [-0.39, 0.29) is 0 Å². The maximum atomic E-state index is 4.34. The van der Waals surface area contributed by atoms with Crippen LogP contribution in [0.5, 0.6) is 0 Å². The Bertz CT molecular complexity index is 492. The minimum atomic E-state index is 0.627. The highest BCUT2D eigenvalue weighted by Gasteiger charge is 2.28. The van der Waals surface area contributed by atoms with E-state index >= 15 is 0 Å². The quantitative estimate of drug-likeness (QED) is 0.851. The standard InChI is InChI=1S/C13H12BrN3/c14-12-6-16-13(7-15-12)17-8-11(9-17)10-4-2-1-3-5-10/h1-7,11H,8-9H2. The molecule has 1 aliphatic heterocycles. The van der Waals surface area contributed by atoms with Crippen molar-refractivity contribution >= 4 is 21.7 Å². The van der Waals surface area contributed by atoms with Gasteiger partial charge in [0.2, 0.25) is 0 Å². The highest BCUT2D eigenvalue weighted by molar-refractivity contribution is 9.10. The van der Waals surface area contributed by atoms with Gasteiger partial charge in [0, 0.05) is 19.0 Å². The van der Waals surface area contributed by atoms with Gasteiger partial charge in [-0.3, -0.25) is 0 Å². The van der Waals surface area contributed by atoms with Crippen LogP contribution in [0, 0.1) is 0 Å². The smallest absolute Gasteiger partial charge is 0.147 e. The second-order valence-electron chi connectivity index (χ2n) is 4.21. The van der Waals surface area contributed by atoms with Crippen molar-refractivity contribution in [2.75, 3.05) is 18.0 Å². The van der Waals surface area contributed by atoms with Crippen LogP contribution < -0.4 is 4.90 Å². The Kier molecular flexibility index (Phi) is 2.81. The van der Waals surface area contributed by atoms with E-state index in [1.807, 2.05) is 6.20 Å². The monoisotopic (exact) mass is 289 g/mol. The van der Waals surface area contributed by atoms with Gasteiger partial charge >= 0.3 is 0 Å². The molecule has 17 heavy (non-hydrogen) atoms. The highest BCUT2D eigenvalue weighted by Crippen LogP contribution is 2.29. The lowest BCUT2D eigenvalue weighted by molar-refractivity contribution is 0.519. The Morgan fingerprint density at radius 2 is 1.82 bits per heavy atom. The van der Waals surface area contributed by atoms with Crippen molar-refractivity contribution in [1.29, 1.82) is 0 Å². The van der Waals surface area contributed by atoms with Crippen LogP contribution >= 0.6 is 15.9 Å². The molecule has 86 valence electrons. The molecule has 1 saturated heterocycles. The molecule has 3 rings (SSSR count). The average molecular weight is 290 g/mol. The molecule has 2 aromatic rings. The Balaban J connectivity index is 1.67. The molecule has 0 aliphatic carbocycles. The van der Waals surface area contributed by atoms with Crippen molar-refractivity contribution in [3.8, 4) is 0 Å². The molecule has 0 radical (unpaired) electrons. The molecule has 0 bridgehead atoms. The molecule has 1 fully saturated rings. The lowest BCUT2D eigenvalue weighted by Crippen LogP contribution is -2.45. The zero-order chi connectivity index (χ0) is 11.7. The van der Waals surface area contributed by atoms with Crippen LogP contribution in [0.4, 0.5) is 5.82 Å². The van der Waals surface area contributed by atoms with Gasteiger partial charge in [-0.2, -0.15) is 0 Å². The third-order valence-electron chi connectivity index (χ3n) is 3.08. The maximum Gasteiger partial charge on any atom is 0.147 e. The van der Waals surface area contributed by atoms with E-state index < -0.39 is 0 Å². The zero-order valence-electron chi connectivity index (χ0n) is 9.25. The molecule has 0 spiro atoms. The van der Waals surface area contributed by atoms with Gasteiger partial charge in [-0.1, -0.05) is 30.3 Å². The average Bonchev–Trinajstić information content (AvgIpc) is 2.31. The summed E-state index contributed by atoms with van der Waals surface area (Å²) in [5.41, 5.74) is 1.41. The van der Waals surface area contributed by atoms with Crippen LogP contribution in [0.3, 0.4) is 0 Å². The summed E-state index contributed by atoms with van der Waals surface area (Å²) >= 11 is 3.29. The lowest BCUT2D eigenvalue weighted by atomic mass is 9.92. The summed E-state index contributed by atoms with van der Waals surface area (Å²) in [5.74, 6) is 1.59. The van der Waals surface area contributed by atoms with Gasteiger partial charge in [0.05, 0.1) is 12.4 Å². The van der Waals surface area contributed by atoms with Gasteiger partial charge in [0.25, 0.3) is 0 Å². The second kappa shape index (κ2) is 4.45. The van der Waals surface area contributed by atoms with E-state index in [0.717, 1.165) is 23.5 Å². The largest absolute Gasteiger partial charge is 0.354 e. The number of nitrogens with zero attached hydrogens (tertiary/aromatic N) is 3. The third kappa shape index (κ3) is 2.17. The van der Waals surface area contributed by atoms with E-state index in [4.69, 9.17) is 0 Å². The molecule has 2 heterocycles. The van der Waals surface area contributed by atoms with Gasteiger partial charge in [-0.15, -0.1) is 0 Å². The minimum Gasteiger partial charge on any atom is -0.354 e. The summed E-state index contributed by atoms with van der Waals surface area (Å²) in [6, 6.07) is 10.6. The van der Waals surface area contributed by atoms with Crippen molar-refractivity contribution in [2.45, 2.75) is 5.92 Å². The van der Waals surface area contributed by atoms with Gasteiger partial charge in [0.15, 0.2) is 0 Å². The number of hydrogen-bond acceptors (Lipinski definition) is 3. The van der Waals surface area contributed by atoms with Crippen molar-refractivity contribution in [1.82, 2.24) is 9.97 Å². The van der Waals surface area contributed by atoms with Gasteiger partial charge < -0.3 is 4.90 Å². The van der Waals surface area contributed by atoms with Crippen LogP contribution in [0.15, 0.2) is 47.3 Å². The number of anilines is 1. The Morgan fingerprint density at radius 1 is 1.06 bits per heavy atom. The molecule has 0 N–H and O–H groups in total. The summed E-state index contributed by atoms with van der Waals surface area (Å²) < 4.78 is 0.779. The van der Waals surface area contributed by atoms with Crippen LogP contribution in [0.25, 0.3) is 0 Å². The zero-order valence-corrected chi connectivity index (χ0v) is 10.8. The van der Waals surface area contributed by atoms with Gasteiger partial charge in [0.1, 0.15) is 10.4 Å². The molecule has 0 amide bonds. The van der Waals surface area contributed by atoms with E-state index in [1.165, 1.54) is 5.56 Å². The fraction of sp³-hybridized carbons (Fsp3) is 0.231. The molecule has 4 heteroatoms. The first-order valence-electron chi connectivity index (χ1n) is 5.60. The van der Waals surface area contributed by atoms with Crippen molar-refractivity contribution in [3.05, 3.63) is 52.9 Å². The number of halogens is 1. The van der Waals surface area contributed by atoms with Crippen LogP contribution in [-0.2, 0) is 0 Å². The summed E-state index contributed by atoms with van der Waals surface area (Å²) in [4.78, 5) is 10.8. The Hall–Kier alpha value is -1.42. The van der Waals surface area contributed by atoms with Crippen molar-refractivity contribution in [2.24, 2.45) is 0 Å². The molecule has 3 nitrogen and oxygen atoms in total. The number of aromatic nitrogens is 2. The topological polar surface area (TPSA) is 29.0 Å². The van der Waals surface area contributed by atoms with Crippen LogP contribution in [0.2, 0.25) is 0 Å². The minimum absolute atomic E-state index is 0.627. The lowest BCUT2D eigenvalue weighted by Gasteiger charge is -2.40. The van der Waals surface area contributed by atoms with E-state index in [0.29, 0.717) is 5.92 Å². The van der Waals surface area contributed by atoms with E-state index in [1.54, 1.807) is 6.20 Å². The van der Waals surface area contributed by atoms with Crippen LogP contribution in [-0.4, -0.2) is 23.1 Å². The Labute approximate surface area is 109 Å². The number of rotatable bonds is 2. The fourth-order valence-electron chi connectivity index (χ4n) is 2.07. The summed E-state index contributed by atoms with van der Waals surface area (Å²) in [5, 5.41) is 0. The van der Waals surface area contributed by atoms with Gasteiger partial charge in [-0.05, 0) is 21.5 Å². The first-order chi connectivity index (χ1) is 8.33. The molecule has 1 aromatic carbocycles. The first kappa shape index (κ1) is 10.7. The SMILES string of the molecule is Brc1cnc(N2CC(c3ccccc3)C2)cn1. The summed E-state index contributed by atoms with van der Waals surface area (Å²) in [6.07, 6.45) is 3.55.